The van der Waals surface area contributed by atoms with E-state index in [9.17, 15) is 20.1 Å². The molecule has 5 atom stereocenters. The lowest BCUT2D eigenvalue weighted by atomic mass is 9.99. The standard InChI is InChI=1S/C14H20N2O8/c1-5-7(3-17)15-6(2)8(16-5)4-23-14-11(20)9(18)10(19)12(24-14)13(21)22/h9-12,14,17-20H,3-4H2,1-2H3,(H,21,22)/t9-,10-,11+,12-,14+/m0/s1. The summed E-state index contributed by atoms with van der Waals surface area (Å²) in [5, 5.41) is 47.3. The van der Waals surface area contributed by atoms with Gasteiger partial charge in [-0.1, -0.05) is 0 Å². The van der Waals surface area contributed by atoms with Gasteiger partial charge in [0.25, 0.3) is 0 Å². The second-order valence-electron chi connectivity index (χ2n) is 5.49. The molecule has 1 aromatic rings. The fourth-order valence-corrected chi connectivity index (χ4v) is 2.33. The van der Waals surface area contributed by atoms with Gasteiger partial charge in [-0.05, 0) is 13.8 Å². The highest BCUT2D eigenvalue weighted by atomic mass is 16.7. The third kappa shape index (κ3) is 3.69. The Morgan fingerprint density at radius 2 is 1.67 bits per heavy atom. The van der Waals surface area contributed by atoms with Gasteiger partial charge in [-0.15, -0.1) is 0 Å². The van der Waals surface area contributed by atoms with Gasteiger partial charge in [0.2, 0.25) is 0 Å². The number of nitrogens with zero attached hydrogens (tertiary/aromatic N) is 2. The Bertz CT molecular complexity index is 611. The number of carbonyl (C=O) groups is 1. The number of aliphatic hydroxyl groups is 4. The second-order valence-corrected chi connectivity index (χ2v) is 5.49. The van der Waals surface area contributed by atoms with Crippen molar-refractivity contribution in [1.29, 1.82) is 0 Å². The van der Waals surface area contributed by atoms with Gasteiger partial charge in [0.15, 0.2) is 12.4 Å². The number of carboxylic acid groups (broad SMARTS) is 1. The Balaban J connectivity index is 2.10. The number of rotatable bonds is 5. The van der Waals surface area contributed by atoms with E-state index in [1.165, 1.54) is 0 Å². The van der Waals surface area contributed by atoms with E-state index in [1.807, 2.05) is 0 Å². The van der Waals surface area contributed by atoms with Crippen LogP contribution in [-0.4, -0.2) is 72.2 Å². The van der Waals surface area contributed by atoms with Crippen LogP contribution in [0.1, 0.15) is 22.8 Å². The molecular weight excluding hydrogens is 324 g/mol. The third-order valence-corrected chi connectivity index (χ3v) is 3.79. The Kier molecular flexibility index (Phi) is 5.80. The third-order valence-electron chi connectivity index (χ3n) is 3.79. The zero-order valence-electron chi connectivity index (χ0n) is 13.2. The van der Waals surface area contributed by atoms with Crippen molar-refractivity contribution in [2.24, 2.45) is 0 Å². The van der Waals surface area contributed by atoms with Crippen molar-refractivity contribution in [3.63, 3.8) is 0 Å². The second kappa shape index (κ2) is 7.47. The molecule has 0 aliphatic carbocycles. The molecule has 1 aliphatic heterocycles. The molecule has 0 aromatic carbocycles. The van der Waals surface area contributed by atoms with Crippen LogP contribution in [0.5, 0.6) is 0 Å². The minimum atomic E-state index is -1.77. The summed E-state index contributed by atoms with van der Waals surface area (Å²) in [4.78, 5) is 19.4. The van der Waals surface area contributed by atoms with Gasteiger partial charge < -0.3 is 35.0 Å². The fourth-order valence-electron chi connectivity index (χ4n) is 2.33. The molecule has 0 saturated carbocycles. The highest BCUT2D eigenvalue weighted by Crippen LogP contribution is 2.23. The highest BCUT2D eigenvalue weighted by Gasteiger charge is 2.47. The lowest BCUT2D eigenvalue weighted by Crippen LogP contribution is -2.60. The van der Waals surface area contributed by atoms with Crippen LogP contribution in [0.3, 0.4) is 0 Å². The normalized spacial score (nSPS) is 30.3. The predicted molar refractivity (Wildman–Crippen MR) is 76.5 cm³/mol. The van der Waals surface area contributed by atoms with Crippen LogP contribution in [-0.2, 0) is 27.5 Å². The predicted octanol–water partition coefficient (Wildman–Crippen LogP) is -2.01. The maximum Gasteiger partial charge on any atom is 0.335 e. The van der Waals surface area contributed by atoms with E-state index in [4.69, 9.17) is 19.7 Å². The topological polar surface area (TPSA) is 162 Å². The molecule has 1 aliphatic rings. The van der Waals surface area contributed by atoms with Gasteiger partial charge in [-0.25, -0.2) is 4.79 Å². The summed E-state index contributed by atoms with van der Waals surface area (Å²) >= 11 is 0. The molecule has 0 amide bonds. The molecule has 0 spiro atoms. The van der Waals surface area contributed by atoms with Gasteiger partial charge in [0.1, 0.15) is 18.3 Å². The average Bonchev–Trinajstić information content (AvgIpc) is 2.54. The zero-order valence-corrected chi connectivity index (χ0v) is 13.2. The van der Waals surface area contributed by atoms with Crippen LogP contribution in [0.4, 0.5) is 0 Å². The molecule has 1 saturated heterocycles. The van der Waals surface area contributed by atoms with E-state index in [2.05, 4.69) is 9.97 Å². The maximum absolute atomic E-state index is 11.0. The van der Waals surface area contributed by atoms with E-state index >= 15 is 0 Å². The average molecular weight is 344 g/mol. The summed E-state index contributed by atoms with van der Waals surface area (Å²) in [7, 11) is 0. The van der Waals surface area contributed by atoms with Gasteiger partial charge in [-0.2, -0.15) is 0 Å². The number of hydrogen-bond acceptors (Lipinski definition) is 9. The van der Waals surface area contributed by atoms with Crippen LogP contribution < -0.4 is 0 Å². The van der Waals surface area contributed by atoms with Gasteiger partial charge in [-0.3, -0.25) is 9.97 Å². The van der Waals surface area contributed by atoms with E-state index in [0.717, 1.165) is 0 Å². The Labute approximate surface area is 137 Å². The van der Waals surface area contributed by atoms with Crippen LogP contribution in [0.2, 0.25) is 0 Å². The summed E-state index contributed by atoms with van der Waals surface area (Å²) in [5.41, 5.74) is 1.83. The van der Waals surface area contributed by atoms with Gasteiger partial charge in [0, 0.05) is 0 Å². The van der Waals surface area contributed by atoms with Crippen molar-refractivity contribution in [2.75, 3.05) is 0 Å². The molecule has 0 bridgehead atoms. The first-order valence-corrected chi connectivity index (χ1v) is 7.24. The smallest absolute Gasteiger partial charge is 0.335 e. The molecule has 24 heavy (non-hydrogen) atoms. The Hall–Kier alpha value is -1.69. The molecule has 2 rings (SSSR count). The summed E-state index contributed by atoms with van der Waals surface area (Å²) in [5.74, 6) is -1.49. The first-order chi connectivity index (χ1) is 11.3. The van der Waals surface area contributed by atoms with Crippen LogP contribution in [0.25, 0.3) is 0 Å². The first kappa shape index (κ1) is 18.6. The molecular formula is C14H20N2O8. The summed E-state index contributed by atoms with van der Waals surface area (Å²) in [6.45, 7) is 2.90. The molecule has 134 valence electrons. The zero-order chi connectivity index (χ0) is 18.0. The summed E-state index contributed by atoms with van der Waals surface area (Å²) in [6, 6.07) is 0. The quantitative estimate of drug-likeness (QED) is 0.403. The van der Waals surface area contributed by atoms with Crippen LogP contribution in [0.15, 0.2) is 0 Å². The van der Waals surface area contributed by atoms with Crippen molar-refractivity contribution < 1.29 is 39.8 Å². The lowest BCUT2D eigenvalue weighted by Gasteiger charge is -2.38. The van der Waals surface area contributed by atoms with E-state index < -0.39 is 36.7 Å². The van der Waals surface area contributed by atoms with Crippen molar-refractivity contribution >= 4 is 5.97 Å². The van der Waals surface area contributed by atoms with Crippen molar-refractivity contribution in [2.45, 2.75) is 57.8 Å². The molecule has 0 radical (unpaired) electrons. The molecule has 1 aromatic heterocycles. The van der Waals surface area contributed by atoms with Crippen molar-refractivity contribution in [3.05, 3.63) is 22.8 Å². The molecule has 2 heterocycles. The lowest BCUT2D eigenvalue weighted by molar-refractivity contribution is -0.297. The molecule has 0 unspecified atom stereocenters. The number of aliphatic hydroxyl groups excluding tert-OH is 4. The SMILES string of the molecule is Cc1nc(CO[C@@H]2O[C@H](C(=O)O)[C@@H](O)[C@H](O)[C@H]2O)c(C)nc1CO. The fraction of sp³-hybridized carbons (Fsp3) is 0.643. The first-order valence-electron chi connectivity index (χ1n) is 7.24. The number of aryl methyl sites for hydroxylation is 2. The van der Waals surface area contributed by atoms with Gasteiger partial charge in [0.05, 0.1) is 36.0 Å². The number of aliphatic carboxylic acids is 1. The molecule has 5 N–H and O–H groups in total. The van der Waals surface area contributed by atoms with Crippen LogP contribution >= 0.6 is 0 Å². The van der Waals surface area contributed by atoms with Gasteiger partial charge >= 0.3 is 5.97 Å². The molecule has 10 heteroatoms. The highest BCUT2D eigenvalue weighted by molar-refractivity contribution is 5.73. The minimum absolute atomic E-state index is 0.164. The number of carboxylic acids is 1. The monoisotopic (exact) mass is 344 g/mol. The number of aromatic nitrogens is 2. The Morgan fingerprint density at radius 1 is 1.08 bits per heavy atom. The van der Waals surface area contributed by atoms with Crippen molar-refractivity contribution in [1.82, 2.24) is 9.97 Å². The molecule has 10 nitrogen and oxygen atoms in total. The van der Waals surface area contributed by atoms with Crippen LogP contribution in [0, 0.1) is 13.8 Å². The maximum atomic E-state index is 11.0. The van der Waals surface area contributed by atoms with E-state index in [0.29, 0.717) is 22.8 Å². The largest absolute Gasteiger partial charge is 0.479 e. The number of hydrogen-bond donors (Lipinski definition) is 5. The van der Waals surface area contributed by atoms with E-state index in [-0.39, 0.29) is 13.2 Å². The summed E-state index contributed by atoms with van der Waals surface area (Å²) < 4.78 is 10.3. The summed E-state index contributed by atoms with van der Waals surface area (Å²) in [6.07, 6.45) is -8.30. The number of ether oxygens (including phenoxy) is 2. The molecule has 1 fully saturated rings. The Morgan fingerprint density at radius 3 is 2.25 bits per heavy atom. The van der Waals surface area contributed by atoms with E-state index in [1.54, 1.807) is 13.8 Å². The van der Waals surface area contributed by atoms with Crippen molar-refractivity contribution in [3.8, 4) is 0 Å². The minimum Gasteiger partial charge on any atom is -0.479 e.